The van der Waals surface area contributed by atoms with Gasteiger partial charge in [0.15, 0.2) is 0 Å². The first-order chi connectivity index (χ1) is 17.0. The van der Waals surface area contributed by atoms with Crippen LogP contribution in [-0.2, 0) is 0 Å². The lowest BCUT2D eigenvalue weighted by Gasteiger charge is -2.13. The molecule has 0 bridgehead atoms. The number of fused-ring (bicyclic) bond motifs is 1. The van der Waals surface area contributed by atoms with E-state index in [1.54, 1.807) is 18.6 Å². The molecule has 0 aliphatic carbocycles. The second kappa shape index (κ2) is 10.9. The van der Waals surface area contributed by atoms with Crippen molar-refractivity contribution in [2.24, 2.45) is 4.99 Å². The molecule has 0 spiro atoms. The number of pyridine rings is 2. The predicted molar refractivity (Wildman–Crippen MR) is 140 cm³/mol. The maximum atomic E-state index is 14.1. The quantitative estimate of drug-likeness (QED) is 0.160. The van der Waals surface area contributed by atoms with Crippen molar-refractivity contribution >= 4 is 40.8 Å². The second-order valence-electron chi connectivity index (χ2n) is 7.42. The van der Waals surface area contributed by atoms with Gasteiger partial charge in [-0.15, -0.1) is 0 Å². The van der Waals surface area contributed by atoms with Gasteiger partial charge >= 0.3 is 0 Å². The van der Waals surface area contributed by atoms with E-state index in [-0.39, 0.29) is 4.90 Å². The molecule has 4 rings (SSSR count). The van der Waals surface area contributed by atoms with Crippen LogP contribution in [0.5, 0.6) is 5.88 Å². The van der Waals surface area contributed by atoms with Crippen molar-refractivity contribution in [3.63, 3.8) is 0 Å². The Morgan fingerprint density at radius 3 is 2.69 bits per heavy atom. The Labute approximate surface area is 206 Å². The van der Waals surface area contributed by atoms with Crippen molar-refractivity contribution < 1.29 is 13.5 Å². The number of anilines is 1. The van der Waals surface area contributed by atoms with Gasteiger partial charge in [0.2, 0.25) is 5.88 Å². The van der Waals surface area contributed by atoms with Crippen LogP contribution < -0.4 is 9.46 Å². The summed E-state index contributed by atoms with van der Waals surface area (Å²) in [5, 5.41) is 0.950. The zero-order valence-corrected chi connectivity index (χ0v) is 19.9. The standard InChI is InChI=1S/C27H22F2N4OS/c1-4-5-18(15-30-2)21-10-11-31-24-8-6-17(12-22(21)24)19-13-25(27(34-3)32-16-19)33-35-26-9-7-20(28)14-23(26)29/h4-16,33H,2H2,1,3H3/b5-4-,18-15+. The van der Waals surface area contributed by atoms with Gasteiger partial charge in [-0.1, -0.05) is 18.2 Å². The average Bonchev–Trinajstić information content (AvgIpc) is 2.87. The number of benzene rings is 2. The molecule has 0 atom stereocenters. The lowest BCUT2D eigenvalue weighted by molar-refractivity contribution is 0.400. The summed E-state index contributed by atoms with van der Waals surface area (Å²) in [5.74, 6) is -0.934. The molecule has 2 heterocycles. The Kier molecular flexibility index (Phi) is 7.52. The summed E-state index contributed by atoms with van der Waals surface area (Å²) in [7, 11) is 1.51. The minimum absolute atomic E-state index is 0.249. The molecule has 0 saturated heterocycles. The normalized spacial score (nSPS) is 11.7. The van der Waals surface area contributed by atoms with E-state index in [2.05, 4.69) is 26.4 Å². The van der Waals surface area contributed by atoms with Gasteiger partial charge in [0.25, 0.3) is 0 Å². The van der Waals surface area contributed by atoms with E-state index in [9.17, 15) is 8.78 Å². The molecule has 1 N–H and O–H groups in total. The van der Waals surface area contributed by atoms with Gasteiger partial charge in [0.05, 0.1) is 17.5 Å². The third-order valence-corrected chi connectivity index (χ3v) is 6.04. The van der Waals surface area contributed by atoms with E-state index in [0.29, 0.717) is 11.6 Å². The molecule has 176 valence electrons. The molecular weight excluding hydrogens is 466 g/mol. The van der Waals surface area contributed by atoms with E-state index in [1.165, 1.54) is 19.2 Å². The van der Waals surface area contributed by atoms with Gasteiger partial charge in [0.1, 0.15) is 17.3 Å². The van der Waals surface area contributed by atoms with Crippen molar-refractivity contribution in [1.29, 1.82) is 0 Å². The van der Waals surface area contributed by atoms with Crippen LogP contribution in [0.1, 0.15) is 12.5 Å². The van der Waals surface area contributed by atoms with Gasteiger partial charge in [-0.3, -0.25) is 9.98 Å². The molecule has 0 aliphatic rings. The van der Waals surface area contributed by atoms with Crippen molar-refractivity contribution in [3.05, 3.63) is 96.5 Å². The summed E-state index contributed by atoms with van der Waals surface area (Å²) in [6, 6.07) is 13.2. The first kappa shape index (κ1) is 24.1. The van der Waals surface area contributed by atoms with Gasteiger partial charge in [-0.05, 0) is 73.1 Å². The Balaban J connectivity index is 1.73. The minimum atomic E-state index is -0.654. The van der Waals surface area contributed by atoms with E-state index < -0.39 is 11.6 Å². The molecule has 2 aromatic heterocycles. The number of nitrogens with zero attached hydrogens (tertiary/aromatic N) is 3. The number of aromatic nitrogens is 2. The minimum Gasteiger partial charge on any atom is -0.480 e. The van der Waals surface area contributed by atoms with Crippen molar-refractivity contribution in [2.75, 3.05) is 11.8 Å². The topological polar surface area (TPSA) is 59.4 Å². The predicted octanol–water partition coefficient (Wildman–Crippen LogP) is 7.32. The molecule has 0 radical (unpaired) electrons. The van der Waals surface area contributed by atoms with Crippen LogP contribution >= 0.6 is 11.9 Å². The smallest absolute Gasteiger partial charge is 0.237 e. The summed E-state index contributed by atoms with van der Waals surface area (Å²) < 4.78 is 35.7. The third kappa shape index (κ3) is 5.38. The van der Waals surface area contributed by atoms with Crippen LogP contribution in [0.3, 0.4) is 0 Å². The molecule has 2 aromatic carbocycles. The summed E-state index contributed by atoms with van der Waals surface area (Å²) in [4.78, 5) is 13.1. The fraction of sp³-hybridized carbons (Fsp3) is 0.0741. The highest BCUT2D eigenvalue weighted by molar-refractivity contribution is 8.00. The molecule has 0 fully saturated rings. The number of allylic oxidation sites excluding steroid dienone is 3. The molecular formula is C27H22F2N4OS. The zero-order valence-electron chi connectivity index (χ0n) is 19.1. The van der Waals surface area contributed by atoms with Crippen LogP contribution in [0.25, 0.3) is 27.6 Å². The van der Waals surface area contributed by atoms with E-state index in [1.807, 2.05) is 49.4 Å². The lowest BCUT2D eigenvalue weighted by Crippen LogP contribution is -1.97. The first-order valence-electron chi connectivity index (χ1n) is 10.6. The van der Waals surface area contributed by atoms with Crippen LogP contribution in [-0.4, -0.2) is 23.8 Å². The van der Waals surface area contributed by atoms with Gasteiger partial charge in [-0.25, -0.2) is 13.8 Å². The Morgan fingerprint density at radius 1 is 1.09 bits per heavy atom. The molecule has 35 heavy (non-hydrogen) atoms. The largest absolute Gasteiger partial charge is 0.480 e. The number of rotatable bonds is 8. The van der Waals surface area contributed by atoms with Crippen LogP contribution in [0.4, 0.5) is 14.5 Å². The molecule has 8 heteroatoms. The van der Waals surface area contributed by atoms with E-state index in [0.717, 1.165) is 51.2 Å². The van der Waals surface area contributed by atoms with E-state index >= 15 is 0 Å². The number of hydrogen-bond donors (Lipinski definition) is 1. The van der Waals surface area contributed by atoms with Crippen molar-refractivity contribution in [3.8, 4) is 17.0 Å². The van der Waals surface area contributed by atoms with Gasteiger partial charge < -0.3 is 9.46 Å². The SMILES string of the molecule is C=N/C=C(\C=C/C)c1ccnc2ccc(-c3cnc(OC)c(NSc4ccc(F)cc4F)c3)cc12. The molecule has 0 aliphatic heterocycles. The van der Waals surface area contributed by atoms with Gasteiger partial charge in [0, 0.05) is 41.2 Å². The number of ether oxygens (including phenoxy) is 1. The van der Waals surface area contributed by atoms with Crippen LogP contribution in [0.15, 0.2) is 89.2 Å². The highest BCUT2D eigenvalue weighted by atomic mass is 32.2. The van der Waals surface area contributed by atoms with Crippen LogP contribution in [0.2, 0.25) is 0 Å². The number of aliphatic imine (C=N–C) groups is 1. The summed E-state index contributed by atoms with van der Waals surface area (Å²) in [6.07, 6.45) is 9.10. The Hall–Kier alpha value is -4.04. The molecule has 0 amide bonds. The van der Waals surface area contributed by atoms with Crippen molar-refractivity contribution in [2.45, 2.75) is 11.8 Å². The van der Waals surface area contributed by atoms with E-state index in [4.69, 9.17) is 4.74 Å². The maximum Gasteiger partial charge on any atom is 0.237 e. The number of halogens is 2. The number of methoxy groups -OCH3 is 1. The number of nitrogens with one attached hydrogen (secondary N) is 1. The highest BCUT2D eigenvalue weighted by Gasteiger charge is 2.12. The molecule has 4 aromatic rings. The summed E-state index contributed by atoms with van der Waals surface area (Å²) in [5.41, 5.74) is 5.02. The van der Waals surface area contributed by atoms with Crippen LogP contribution in [0, 0.1) is 11.6 Å². The first-order valence-corrected chi connectivity index (χ1v) is 11.5. The monoisotopic (exact) mass is 488 g/mol. The zero-order chi connectivity index (χ0) is 24.8. The maximum absolute atomic E-state index is 14.1. The third-order valence-electron chi connectivity index (χ3n) is 5.17. The van der Waals surface area contributed by atoms with Gasteiger partial charge in [-0.2, -0.15) is 0 Å². The summed E-state index contributed by atoms with van der Waals surface area (Å²) in [6.45, 7) is 5.53. The summed E-state index contributed by atoms with van der Waals surface area (Å²) >= 11 is 1.01. The molecule has 5 nitrogen and oxygen atoms in total. The lowest BCUT2D eigenvalue weighted by atomic mass is 9.98. The fourth-order valence-electron chi connectivity index (χ4n) is 3.57. The highest BCUT2D eigenvalue weighted by Crippen LogP contribution is 2.34. The Bertz CT molecular complexity index is 1450. The Morgan fingerprint density at radius 2 is 1.94 bits per heavy atom. The second-order valence-corrected chi connectivity index (χ2v) is 8.27. The molecule has 0 unspecified atom stereocenters. The molecule has 0 saturated carbocycles. The van der Waals surface area contributed by atoms with Crippen molar-refractivity contribution in [1.82, 2.24) is 9.97 Å². The average molecular weight is 489 g/mol. The fourth-order valence-corrected chi connectivity index (χ4v) is 4.23. The number of hydrogen-bond acceptors (Lipinski definition) is 6.